The molecule has 3 rings (SSSR count). The molecule has 7 nitrogen and oxygen atoms in total. The lowest BCUT2D eigenvalue weighted by molar-refractivity contribution is 0.336. The number of thioether (sulfide) groups is 1. The largest absolute Gasteiger partial charge is 0.494 e. The summed E-state index contributed by atoms with van der Waals surface area (Å²) in [6.07, 6.45) is 9.10. The van der Waals surface area contributed by atoms with Crippen molar-refractivity contribution in [2.45, 2.75) is 70.1 Å². The number of hydrogen-bond acceptors (Lipinski definition) is 5. The molecule has 0 unspecified atom stereocenters. The molecular formula is C23H37IN6OS. The van der Waals surface area contributed by atoms with Gasteiger partial charge < -0.3 is 19.9 Å². The van der Waals surface area contributed by atoms with Gasteiger partial charge in [0.25, 0.3) is 0 Å². The van der Waals surface area contributed by atoms with Crippen molar-refractivity contribution in [3.63, 3.8) is 0 Å². The number of guanidine groups is 1. The lowest BCUT2D eigenvalue weighted by Gasteiger charge is -2.17. The number of rotatable bonds is 10. The summed E-state index contributed by atoms with van der Waals surface area (Å²) >= 11 is 1.70. The van der Waals surface area contributed by atoms with E-state index in [4.69, 9.17) is 4.74 Å². The fourth-order valence-electron chi connectivity index (χ4n) is 4.10. The fraction of sp³-hybridized carbons (Fsp3) is 0.609. The van der Waals surface area contributed by atoms with Gasteiger partial charge in [0.05, 0.1) is 6.61 Å². The Balaban J connectivity index is 0.00000363. The van der Waals surface area contributed by atoms with Crippen LogP contribution in [0.4, 0.5) is 0 Å². The molecule has 2 aromatic rings. The zero-order valence-electron chi connectivity index (χ0n) is 19.7. The molecule has 9 heteroatoms. The van der Waals surface area contributed by atoms with E-state index in [0.29, 0.717) is 19.2 Å². The van der Waals surface area contributed by atoms with Crippen LogP contribution >= 0.6 is 35.7 Å². The Bertz CT molecular complexity index is 866. The zero-order valence-corrected chi connectivity index (χ0v) is 22.8. The van der Waals surface area contributed by atoms with Crippen molar-refractivity contribution in [2.75, 3.05) is 26.5 Å². The molecule has 2 N–H and O–H groups in total. The van der Waals surface area contributed by atoms with Gasteiger partial charge in [0.15, 0.2) is 11.1 Å². The molecule has 0 radical (unpaired) electrons. The van der Waals surface area contributed by atoms with E-state index < -0.39 is 0 Å². The Morgan fingerprint density at radius 2 is 2.03 bits per heavy atom. The lowest BCUT2D eigenvalue weighted by Crippen LogP contribution is -2.37. The predicted octanol–water partition coefficient (Wildman–Crippen LogP) is 4.74. The van der Waals surface area contributed by atoms with Gasteiger partial charge in [-0.15, -0.1) is 34.2 Å². The molecule has 1 fully saturated rings. The first-order valence-corrected chi connectivity index (χ1v) is 12.5. The molecule has 0 aliphatic heterocycles. The van der Waals surface area contributed by atoms with Gasteiger partial charge in [0.1, 0.15) is 11.6 Å². The first kappa shape index (κ1) is 26.8. The Morgan fingerprint density at radius 1 is 1.25 bits per heavy atom. The first-order valence-electron chi connectivity index (χ1n) is 11.3. The van der Waals surface area contributed by atoms with Crippen molar-refractivity contribution in [3.05, 3.63) is 35.2 Å². The summed E-state index contributed by atoms with van der Waals surface area (Å²) in [6, 6.07) is 6.88. The third kappa shape index (κ3) is 7.26. The van der Waals surface area contributed by atoms with Crippen molar-refractivity contribution >= 4 is 41.7 Å². The highest BCUT2D eigenvalue weighted by Crippen LogP contribution is 2.33. The molecule has 0 spiro atoms. The van der Waals surface area contributed by atoms with Crippen LogP contribution in [-0.2, 0) is 13.0 Å². The summed E-state index contributed by atoms with van der Waals surface area (Å²) in [4.78, 5) is 4.36. The molecule has 1 aliphatic rings. The Morgan fingerprint density at radius 3 is 2.72 bits per heavy atom. The third-order valence-corrected chi connectivity index (χ3v) is 6.31. The highest BCUT2D eigenvalue weighted by molar-refractivity contribution is 14.0. The van der Waals surface area contributed by atoms with E-state index in [1.54, 1.807) is 18.8 Å². The van der Waals surface area contributed by atoms with Crippen LogP contribution in [0.5, 0.6) is 5.75 Å². The quantitative estimate of drug-likeness (QED) is 0.141. The number of nitrogens with zero attached hydrogens (tertiary/aromatic N) is 4. The molecule has 0 saturated heterocycles. The molecule has 1 aromatic carbocycles. The van der Waals surface area contributed by atoms with Gasteiger partial charge in [0, 0.05) is 38.2 Å². The summed E-state index contributed by atoms with van der Waals surface area (Å²) < 4.78 is 8.16. The normalized spacial score (nSPS) is 14.3. The monoisotopic (exact) mass is 572 g/mol. The molecule has 0 amide bonds. The van der Waals surface area contributed by atoms with Crippen LogP contribution in [0.1, 0.15) is 62.0 Å². The number of ether oxygens (including phenoxy) is 1. The highest BCUT2D eigenvalue weighted by Gasteiger charge is 2.23. The van der Waals surface area contributed by atoms with Gasteiger partial charge in [-0.25, -0.2) is 0 Å². The average Bonchev–Trinajstić information content (AvgIpc) is 3.44. The van der Waals surface area contributed by atoms with E-state index in [-0.39, 0.29) is 24.0 Å². The summed E-state index contributed by atoms with van der Waals surface area (Å²) in [5.41, 5.74) is 2.33. The maximum atomic E-state index is 5.78. The summed E-state index contributed by atoms with van der Waals surface area (Å²) in [7, 11) is 1.80. The van der Waals surface area contributed by atoms with Crippen molar-refractivity contribution in [3.8, 4) is 5.75 Å². The van der Waals surface area contributed by atoms with Gasteiger partial charge in [-0.2, -0.15) is 0 Å². The number of halogens is 1. The average molecular weight is 573 g/mol. The molecule has 178 valence electrons. The van der Waals surface area contributed by atoms with E-state index in [0.717, 1.165) is 47.6 Å². The minimum atomic E-state index is 0. The number of aromatic nitrogens is 3. The smallest absolute Gasteiger partial charge is 0.191 e. The van der Waals surface area contributed by atoms with Crippen molar-refractivity contribution in [1.82, 2.24) is 25.4 Å². The second-order valence-corrected chi connectivity index (χ2v) is 8.68. The van der Waals surface area contributed by atoms with Gasteiger partial charge in [-0.3, -0.25) is 4.99 Å². The summed E-state index contributed by atoms with van der Waals surface area (Å²) in [5.74, 6) is 2.84. The minimum absolute atomic E-state index is 0. The van der Waals surface area contributed by atoms with Gasteiger partial charge >= 0.3 is 0 Å². The van der Waals surface area contributed by atoms with Crippen LogP contribution < -0.4 is 15.4 Å². The summed E-state index contributed by atoms with van der Waals surface area (Å²) in [5, 5.41) is 16.8. The van der Waals surface area contributed by atoms with E-state index in [1.165, 1.54) is 31.2 Å². The van der Waals surface area contributed by atoms with E-state index in [9.17, 15) is 0 Å². The molecule has 32 heavy (non-hydrogen) atoms. The second kappa shape index (κ2) is 13.9. The molecule has 1 saturated carbocycles. The van der Waals surface area contributed by atoms with Crippen molar-refractivity contribution in [2.24, 2.45) is 4.99 Å². The van der Waals surface area contributed by atoms with Crippen LogP contribution in [0.3, 0.4) is 0 Å². The van der Waals surface area contributed by atoms with Crippen molar-refractivity contribution in [1.29, 1.82) is 0 Å². The number of benzene rings is 1. The number of aliphatic imine (C=N–C) groups is 1. The van der Waals surface area contributed by atoms with E-state index >= 15 is 0 Å². The fourth-order valence-corrected chi connectivity index (χ4v) is 4.67. The van der Waals surface area contributed by atoms with Crippen LogP contribution in [0.25, 0.3) is 0 Å². The number of aryl methyl sites for hydroxylation is 2. The van der Waals surface area contributed by atoms with Gasteiger partial charge in [-0.05, 0) is 51.0 Å². The molecular weight excluding hydrogens is 535 g/mol. The van der Waals surface area contributed by atoms with Gasteiger partial charge in [-0.1, -0.05) is 36.7 Å². The standard InChI is InChI=1S/C23H36N6OS.HI/c1-5-30-20-15-17(2)12-13-18(20)16-26-22(24-3)25-14-8-11-21-27-28-23(31-4)29(21)19-9-6-7-10-19;/h12-13,15,19H,5-11,14,16H2,1-4H3,(H2,24,25,26);1H. The second-order valence-electron chi connectivity index (χ2n) is 7.91. The van der Waals surface area contributed by atoms with Crippen LogP contribution in [0.2, 0.25) is 0 Å². The maximum absolute atomic E-state index is 5.78. The SMILES string of the molecule is CCOc1cc(C)ccc1CNC(=NC)NCCCc1nnc(SC)n1C1CCCC1.I. The van der Waals surface area contributed by atoms with Crippen LogP contribution in [0.15, 0.2) is 28.3 Å². The topological polar surface area (TPSA) is 76.4 Å². The van der Waals surface area contributed by atoms with Crippen LogP contribution in [0, 0.1) is 6.92 Å². The molecule has 1 aliphatic carbocycles. The molecule has 1 aromatic heterocycles. The molecule has 1 heterocycles. The molecule has 0 bridgehead atoms. The third-order valence-electron chi connectivity index (χ3n) is 5.67. The predicted molar refractivity (Wildman–Crippen MR) is 144 cm³/mol. The van der Waals surface area contributed by atoms with E-state index in [2.05, 4.69) is 61.8 Å². The Hall–Kier alpha value is -1.49. The minimum Gasteiger partial charge on any atom is -0.494 e. The highest BCUT2D eigenvalue weighted by atomic mass is 127. The first-order chi connectivity index (χ1) is 15.2. The van der Waals surface area contributed by atoms with Crippen molar-refractivity contribution < 1.29 is 4.74 Å². The van der Waals surface area contributed by atoms with Crippen LogP contribution in [-0.4, -0.2) is 47.2 Å². The van der Waals surface area contributed by atoms with Gasteiger partial charge in [0.2, 0.25) is 0 Å². The maximum Gasteiger partial charge on any atom is 0.191 e. The number of nitrogens with one attached hydrogen (secondary N) is 2. The zero-order chi connectivity index (χ0) is 22.1. The Labute approximate surface area is 213 Å². The Kier molecular flexibility index (Phi) is 11.6. The summed E-state index contributed by atoms with van der Waals surface area (Å²) in [6.45, 7) is 6.25. The lowest BCUT2D eigenvalue weighted by atomic mass is 10.1. The van der Waals surface area contributed by atoms with E-state index in [1.807, 2.05) is 6.92 Å². The molecule has 0 atom stereocenters. The number of hydrogen-bond donors (Lipinski definition) is 2.